The van der Waals surface area contributed by atoms with Gasteiger partial charge in [-0.05, 0) is 0 Å². The molecule has 0 saturated carbocycles. The van der Waals surface area contributed by atoms with Gasteiger partial charge < -0.3 is 0 Å². The molecule has 7 heavy (non-hydrogen) atoms. The van der Waals surface area contributed by atoms with E-state index in [1.165, 1.54) is 0 Å². The first-order valence-electron chi connectivity index (χ1n) is 0.772. The van der Waals surface area contributed by atoms with Crippen LogP contribution in [0, 0.1) is 0 Å². The van der Waals surface area contributed by atoms with Gasteiger partial charge in [0, 0.05) is 0 Å². The summed E-state index contributed by atoms with van der Waals surface area (Å²) in [6.07, 6.45) is 0. The topological polar surface area (TPSA) is 0 Å². The van der Waals surface area contributed by atoms with Gasteiger partial charge in [0.05, 0.1) is 0 Å². The number of rotatable bonds is 0. The van der Waals surface area contributed by atoms with Crippen molar-refractivity contribution in [2.75, 3.05) is 0 Å². The van der Waals surface area contributed by atoms with Gasteiger partial charge in [-0.25, -0.2) is 0 Å². The van der Waals surface area contributed by atoms with Crippen LogP contribution in [0.25, 0.3) is 0 Å². The summed E-state index contributed by atoms with van der Waals surface area (Å²) < 4.78 is 0. The molecule has 0 N–H and O–H groups in total. The molecule has 0 nitrogen and oxygen atoms in total. The molecule has 0 amide bonds. The fourth-order valence-corrected chi connectivity index (χ4v) is 0. The van der Waals surface area contributed by atoms with E-state index in [1.54, 1.807) is 0 Å². The number of halogens is 6. The number of hydrogen-bond donors (Lipinski definition) is 0. The summed E-state index contributed by atoms with van der Waals surface area (Å²) in [6.45, 7) is 0. The average molecular weight is 310 g/mol. The van der Waals surface area contributed by atoms with Crippen molar-refractivity contribution >= 4 is 59.5 Å². The van der Waals surface area contributed by atoms with E-state index in [0.29, 0.717) is 0 Å². The van der Waals surface area contributed by atoms with E-state index in [9.17, 15) is 0 Å². The molecule has 0 aliphatic carbocycles. The van der Waals surface area contributed by atoms with Crippen LogP contribution in [0.3, 0.4) is 0 Å². The monoisotopic (exact) mass is 309 g/mol. The van der Waals surface area contributed by atoms with Crippen molar-refractivity contribution in [3.63, 3.8) is 0 Å². The van der Waals surface area contributed by atoms with E-state index >= 15 is 0 Å². The molecule has 0 radical (unpaired) electrons. The van der Waals surface area contributed by atoms with Crippen LogP contribution >= 0.6 is 59.5 Å². The second kappa shape index (κ2) is 3.01. The fourth-order valence-electron chi connectivity index (χ4n) is 0. The van der Waals surface area contributed by atoms with E-state index in [0.717, 1.165) is 0 Å². The van der Waals surface area contributed by atoms with Crippen molar-refractivity contribution in [2.45, 2.75) is 0 Å². The zero-order chi connectivity index (χ0) is 5.45. The minimum atomic E-state index is -4.26. The molecule has 0 aliphatic heterocycles. The van der Waals surface area contributed by atoms with Gasteiger partial charge in [0.1, 0.15) is 0 Å². The Balaban J connectivity index is 0. The average Bonchev–Trinajstić information content (AvgIpc) is 0.650. The second-order valence-electron chi connectivity index (χ2n) is 0.583. The predicted molar refractivity (Wildman–Crippen MR) is 36.5 cm³/mol. The molecule has 0 aromatic heterocycles. The summed E-state index contributed by atoms with van der Waals surface area (Å²) in [4.78, 5) is 0. The molecule has 0 fully saturated rings. The van der Waals surface area contributed by atoms with E-state index in [2.05, 4.69) is 0 Å². The van der Waals surface area contributed by atoms with Gasteiger partial charge in [-0.2, -0.15) is 0 Å². The van der Waals surface area contributed by atoms with Gasteiger partial charge in [-0.3, -0.25) is 0 Å². The molecule has 0 heterocycles. The van der Waals surface area contributed by atoms with Crippen LogP contribution in [-0.4, -0.2) is 0 Å². The Hall–Kier alpha value is 2.43. The van der Waals surface area contributed by atoms with Crippen molar-refractivity contribution in [1.29, 1.82) is 0 Å². The first kappa shape index (κ1) is 12.1. The molecular formula is HCl6Mo. The molecule has 0 unspecified atom stereocenters. The second-order valence-corrected chi connectivity index (χ2v) is 31.1. The molecule has 0 saturated heterocycles. The predicted octanol–water partition coefficient (Wildman–Crippen LogP) is 3.87. The van der Waals surface area contributed by atoms with Crippen LogP contribution in [-0.2, 0) is 9.60 Å². The van der Waals surface area contributed by atoms with Gasteiger partial charge in [0.2, 0.25) is 0 Å². The van der Waals surface area contributed by atoms with E-state index in [4.69, 9.17) is 47.1 Å². The third-order valence-corrected chi connectivity index (χ3v) is 0. The Labute approximate surface area is 68.3 Å². The van der Waals surface area contributed by atoms with E-state index < -0.39 is 9.60 Å². The van der Waals surface area contributed by atoms with Crippen molar-refractivity contribution in [1.82, 2.24) is 0 Å². The van der Waals surface area contributed by atoms with Crippen LogP contribution in [0.5, 0.6) is 0 Å². The quantitative estimate of drug-likeness (QED) is 0.596. The van der Waals surface area contributed by atoms with Gasteiger partial charge in [-0.15, -0.1) is 12.4 Å². The van der Waals surface area contributed by atoms with Gasteiger partial charge in [-0.1, -0.05) is 0 Å². The summed E-state index contributed by atoms with van der Waals surface area (Å²) in [7, 11) is 20.9. The Morgan fingerprint density at radius 2 is 0.714 bits per heavy atom. The molecule has 0 aliphatic rings. The first-order chi connectivity index (χ1) is 2.24. The standard InChI is InChI=1S/6ClH.Mo/h6*1H;/q;;;;;;+5/p-5. The summed E-state index contributed by atoms with van der Waals surface area (Å²) >= 11 is 0. The zero-order valence-corrected chi connectivity index (χ0v) is 9.31. The summed E-state index contributed by atoms with van der Waals surface area (Å²) in [5.74, 6) is 0. The van der Waals surface area contributed by atoms with Crippen LogP contribution in [0.2, 0.25) is 0 Å². The van der Waals surface area contributed by atoms with Gasteiger partial charge in [0.15, 0.2) is 0 Å². The van der Waals surface area contributed by atoms with Crippen LogP contribution < -0.4 is 0 Å². The van der Waals surface area contributed by atoms with Crippen LogP contribution in [0.4, 0.5) is 0 Å². The maximum atomic E-state index is 5.04. The third-order valence-electron chi connectivity index (χ3n) is 0. The van der Waals surface area contributed by atoms with E-state index in [1.807, 2.05) is 0 Å². The Morgan fingerprint density at radius 3 is 0.714 bits per heavy atom. The molecule has 49 valence electrons. The minimum absolute atomic E-state index is 0. The fraction of sp³-hybridized carbons (Fsp3) is 0. The van der Waals surface area contributed by atoms with Gasteiger partial charge >= 0.3 is 56.7 Å². The van der Waals surface area contributed by atoms with Crippen molar-refractivity contribution < 1.29 is 9.60 Å². The summed E-state index contributed by atoms with van der Waals surface area (Å²) in [5.41, 5.74) is 0. The molecule has 7 heteroatoms. The SMILES string of the molecule is Cl.[Cl][Mo]([Cl])([Cl])([Cl])[Cl]. The summed E-state index contributed by atoms with van der Waals surface area (Å²) in [6, 6.07) is 0. The number of hydrogen-bond acceptors (Lipinski definition) is 0. The summed E-state index contributed by atoms with van der Waals surface area (Å²) in [5, 5.41) is 0. The molecule has 0 aromatic carbocycles. The van der Waals surface area contributed by atoms with Crippen LogP contribution in [0.15, 0.2) is 0 Å². The Bertz CT molecular complexity index is 37.4. The molecule has 0 rings (SSSR count). The Morgan fingerprint density at radius 1 is 0.714 bits per heavy atom. The third kappa shape index (κ3) is 59.1. The van der Waals surface area contributed by atoms with E-state index in [-0.39, 0.29) is 12.4 Å². The zero-order valence-electron chi connectivity index (χ0n) is 2.71. The Kier molecular flexibility index (Phi) is 5.22. The molecule has 0 spiro atoms. The van der Waals surface area contributed by atoms with Crippen molar-refractivity contribution in [2.24, 2.45) is 0 Å². The molecule has 0 atom stereocenters. The van der Waals surface area contributed by atoms with Crippen LogP contribution in [0.1, 0.15) is 0 Å². The first-order valence-corrected chi connectivity index (χ1v) is 13.7. The normalized spacial score (nSPS) is 16.4. The molecular weight excluding hydrogens is 309 g/mol. The van der Waals surface area contributed by atoms with Crippen molar-refractivity contribution in [3.05, 3.63) is 0 Å². The molecule has 0 bridgehead atoms. The molecule has 0 aromatic rings. The van der Waals surface area contributed by atoms with Crippen molar-refractivity contribution in [3.8, 4) is 0 Å². The van der Waals surface area contributed by atoms with Gasteiger partial charge in [0.25, 0.3) is 0 Å². The maximum absolute atomic E-state index is 5.04.